The molecule has 4 nitrogen and oxygen atoms in total. The van der Waals surface area contributed by atoms with Crippen molar-refractivity contribution in [3.8, 4) is 0 Å². The zero-order chi connectivity index (χ0) is 8.81. The summed E-state index contributed by atoms with van der Waals surface area (Å²) in [5, 5.41) is 8.71. The van der Waals surface area contributed by atoms with Gasteiger partial charge in [-0.2, -0.15) is 0 Å². The van der Waals surface area contributed by atoms with Gasteiger partial charge in [-0.1, -0.05) is 0 Å². The van der Waals surface area contributed by atoms with Crippen molar-refractivity contribution in [2.24, 2.45) is 5.73 Å². The van der Waals surface area contributed by atoms with Crippen LogP contribution >= 0.6 is 37.2 Å². The maximum absolute atomic E-state index is 8.71. The van der Waals surface area contributed by atoms with Gasteiger partial charge in [0.2, 0.25) is 0 Å². The van der Waals surface area contributed by atoms with E-state index in [9.17, 15) is 0 Å². The first-order chi connectivity index (χ1) is 5.86. The van der Waals surface area contributed by atoms with Gasteiger partial charge in [0.1, 0.15) is 0 Å². The highest BCUT2D eigenvalue weighted by molar-refractivity contribution is 5.86. The molecule has 1 fully saturated rings. The van der Waals surface area contributed by atoms with Crippen LogP contribution in [0.25, 0.3) is 0 Å². The first-order valence-electron chi connectivity index (χ1n) is 4.62. The Morgan fingerprint density at radius 2 is 1.27 bits per heavy atom. The molecule has 1 aliphatic rings. The lowest BCUT2D eigenvalue weighted by Gasteiger charge is -2.33. The van der Waals surface area contributed by atoms with Crippen molar-refractivity contribution in [2.45, 2.75) is 0 Å². The van der Waals surface area contributed by atoms with E-state index in [0.717, 1.165) is 45.8 Å². The Morgan fingerprint density at radius 1 is 0.867 bits per heavy atom. The predicted molar refractivity (Wildman–Crippen MR) is 70.8 cm³/mol. The van der Waals surface area contributed by atoms with Crippen LogP contribution in [0.3, 0.4) is 0 Å². The van der Waals surface area contributed by atoms with Gasteiger partial charge in [-0.15, -0.1) is 37.2 Å². The van der Waals surface area contributed by atoms with Gasteiger partial charge in [0.25, 0.3) is 0 Å². The minimum atomic E-state index is 0. The third-order valence-corrected chi connectivity index (χ3v) is 2.33. The number of halogens is 3. The SMILES string of the molecule is Cl.Cl.Cl.NCCN1CCN(CCO)CC1. The lowest BCUT2D eigenvalue weighted by molar-refractivity contribution is 0.114. The van der Waals surface area contributed by atoms with Crippen LogP contribution in [0, 0.1) is 0 Å². The highest BCUT2D eigenvalue weighted by atomic mass is 35.5. The van der Waals surface area contributed by atoms with Crippen LogP contribution in [-0.4, -0.2) is 67.3 Å². The Labute approximate surface area is 110 Å². The molecule has 0 aromatic heterocycles. The lowest BCUT2D eigenvalue weighted by atomic mass is 10.3. The summed E-state index contributed by atoms with van der Waals surface area (Å²) in [6, 6.07) is 0. The van der Waals surface area contributed by atoms with Crippen LogP contribution in [0.15, 0.2) is 0 Å². The second kappa shape index (κ2) is 12.8. The molecule has 0 radical (unpaired) electrons. The zero-order valence-corrected chi connectivity index (χ0v) is 11.3. The molecule has 0 spiro atoms. The number of nitrogens with two attached hydrogens (primary N) is 1. The smallest absolute Gasteiger partial charge is 0.0558 e. The Bertz CT molecular complexity index is 110. The van der Waals surface area contributed by atoms with Crippen molar-refractivity contribution >= 4 is 37.2 Å². The van der Waals surface area contributed by atoms with Crippen LogP contribution < -0.4 is 5.73 Å². The number of rotatable bonds is 4. The molecule has 0 unspecified atom stereocenters. The summed E-state index contributed by atoms with van der Waals surface area (Å²) >= 11 is 0. The first kappa shape index (κ1) is 21.0. The normalized spacial score (nSPS) is 17.2. The molecule has 1 aliphatic heterocycles. The standard InChI is InChI=1S/C8H19N3O.3ClH/c9-1-2-10-3-5-11(6-4-10)7-8-12;;;/h12H,1-9H2;3*1H. The maximum Gasteiger partial charge on any atom is 0.0558 e. The average Bonchev–Trinajstić information content (AvgIpc) is 2.09. The number of hydrogen-bond donors (Lipinski definition) is 2. The fourth-order valence-electron chi connectivity index (χ4n) is 1.56. The molecule has 0 aromatic carbocycles. The molecule has 0 bridgehead atoms. The quantitative estimate of drug-likeness (QED) is 0.751. The Hall–Kier alpha value is 0.710. The summed E-state index contributed by atoms with van der Waals surface area (Å²) < 4.78 is 0. The molecule has 0 atom stereocenters. The Morgan fingerprint density at radius 3 is 1.60 bits per heavy atom. The number of piperazine rings is 1. The second-order valence-electron chi connectivity index (χ2n) is 3.20. The third kappa shape index (κ3) is 8.51. The van der Waals surface area contributed by atoms with Gasteiger partial charge in [0, 0.05) is 45.8 Å². The fraction of sp³-hybridized carbons (Fsp3) is 1.00. The van der Waals surface area contributed by atoms with Gasteiger partial charge in [0.15, 0.2) is 0 Å². The van der Waals surface area contributed by atoms with E-state index in [1.54, 1.807) is 0 Å². The largest absolute Gasteiger partial charge is 0.395 e. The van der Waals surface area contributed by atoms with Gasteiger partial charge >= 0.3 is 0 Å². The second-order valence-corrected chi connectivity index (χ2v) is 3.20. The molecule has 0 amide bonds. The molecular formula is C8H22Cl3N3O. The van der Waals surface area contributed by atoms with E-state index in [1.165, 1.54) is 0 Å². The van der Waals surface area contributed by atoms with Gasteiger partial charge in [0.05, 0.1) is 6.61 Å². The lowest BCUT2D eigenvalue weighted by Crippen LogP contribution is -2.48. The molecule has 96 valence electrons. The summed E-state index contributed by atoms with van der Waals surface area (Å²) in [5.41, 5.74) is 5.46. The molecule has 1 rings (SSSR count). The van der Waals surface area contributed by atoms with E-state index in [0.29, 0.717) is 0 Å². The van der Waals surface area contributed by atoms with Crippen molar-refractivity contribution in [1.29, 1.82) is 0 Å². The van der Waals surface area contributed by atoms with Crippen LogP contribution in [-0.2, 0) is 0 Å². The molecule has 3 N–H and O–H groups in total. The van der Waals surface area contributed by atoms with Gasteiger partial charge in [-0.3, -0.25) is 9.80 Å². The van der Waals surface area contributed by atoms with E-state index < -0.39 is 0 Å². The van der Waals surface area contributed by atoms with Crippen LogP contribution in [0.5, 0.6) is 0 Å². The van der Waals surface area contributed by atoms with Crippen molar-refractivity contribution in [3.63, 3.8) is 0 Å². The summed E-state index contributed by atoms with van der Waals surface area (Å²) in [7, 11) is 0. The van der Waals surface area contributed by atoms with E-state index in [-0.39, 0.29) is 43.8 Å². The summed E-state index contributed by atoms with van der Waals surface area (Å²) in [4.78, 5) is 4.65. The monoisotopic (exact) mass is 281 g/mol. The van der Waals surface area contributed by atoms with Crippen LogP contribution in [0.4, 0.5) is 0 Å². The van der Waals surface area contributed by atoms with E-state index in [2.05, 4.69) is 9.80 Å². The number of aliphatic hydroxyl groups is 1. The molecule has 0 aromatic rings. The molecule has 0 saturated carbocycles. The van der Waals surface area contributed by atoms with E-state index >= 15 is 0 Å². The number of aliphatic hydroxyl groups excluding tert-OH is 1. The molecule has 15 heavy (non-hydrogen) atoms. The third-order valence-electron chi connectivity index (χ3n) is 2.33. The highest BCUT2D eigenvalue weighted by Gasteiger charge is 2.14. The van der Waals surface area contributed by atoms with Crippen molar-refractivity contribution in [3.05, 3.63) is 0 Å². The van der Waals surface area contributed by atoms with Crippen molar-refractivity contribution in [2.75, 3.05) is 52.4 Å². The maximum atomic E-state index is 8.71. The Balaban J connectivity index is -0.000000480. The summed E-state index contributed by atoms with van der Waals surface area (Å²) in [6.07, 6.45) is 0. The Kier molecular flexibility index (Phi) is 17.9. The van der Waals surface area contributed by atoms with Crippen LogP contribution in [0.1, 0.15) is 0 Å². The summed E-state index contributed by atoms with van der Waals surface area (Å²) in [6.45, 7) is 7.18. The van der Waals surface area contributed by atoms with Gasteiger partial charge in [-0.25, -0.2) is 0 Å². The number of hydrogen-bond acceptors (Lipinski definition) is 4. The molecule has 1 heterocycles. The number of nitrogens with zero attached hydrogens (tertiary/aromatic N) is 2. The minimum Gasteiger partial charge on any atom is -0.395 e. The van der Waals surface area contributed by atoms with E-state index in [4.69, 9.17) is 10.8 Å². The topological polar surface area (TPSA) is 52.7 Å². The predicted octanol–water partition coefficient (Wildman–Crippen LogP) is -0.180. The molecule has 1 saturated heterocycles. The van der Waals surface area contributed by atoms with E-state index in [1.807, 2.05) is 0 Å². The zero-order valence-electron chi connectivity index (χ0n) is 8.80. The average molecular weight is 283 g/mol. The molecule has 0 aliphatic carbocycles. The van der Waals surface area contributed by atoms with Crippen molar-refractivity contribution in [1.82, 2.24) is 9.80 Å². The van der Waals surface area contributed by atoms with Crippen molar-refractivity contribution < 1.29 is 5.11 Å². The minimum absolute atomic E-state index is 0. The van der Waals surface area contributed by atoms with Gasteiger partial charge < -0.3 is 10.8 Å². The van der Waals surface area contributed by atoms with Gasteiger partial charge in [-0.05, 0) is 0 Å². The summed E-state index contributed by atoms with van der Waals surface area (Å²) in [5.74, 6) is 0. The van der Waals surface area contributed by atoms with Crippen LogP contribution in [0.2, 0.25) is 0 Å². The molecule has 7 heteroatoms. The number of β-amino-alcohol motifs (C(OH)–C–C–N with tert-alkyl or cyclic N) is 1. The molecular weight excluding hydrogens is 260 g/mol. The highest BCUT2D eigenvalue weighted by Crippen LogP contribution is 1.99. The fourth-order valence-corrected chi connectivity index (χ4v) is 1.56. The first-order valence-corrected chi connectivity index (χ1v) is 4.62.